The fourth-order valence-corrected chi connectivity index (χ4v) is 2.08. The zero-order valence-electron chi connectivity index (χ0n) is 8.59. The van der Waals surface area contributed by atoms with Crippen molar-refractivity contribution in [2.24, 2.45) is 0 Å². The number of hydrogen-bond donors (Lipinski definition) is 1. The van der Waals surface area contributed by atoms with Gasteiger partial charge in [0.05, 0.1) is 17.5 Å². The quantitative estimate of drug-likeness (QED) is 0.849. The van der Waals surface area contributed by atoms with Crippen LogP contribution in [0.2, 0.25) is 0 Å². The summed E-state index contributed by atoms with van der Waals surface area (Å²) in [6, 6.07) is 5.35. The second-order valence-corrected chi connectivity index (χ2v) is 4.23. The van der Waals surface area contributed by atoms with Crippen molar-refractivity contribution in [1.82, 2.24) is 5.16 Å². The number of rotatable bonds is 4. The molecule has 6 heteroatoms. The lowest BCUT2D eigenvalue weighted by molar-refractivity contribution is 0.0696. The Labute approximate surface area is 100 Å². The van der Waals surface area contributed by atoms with Gasteiger partial charge in [-0.05, 0) is 18.2 Å². The lowest BCUT2D eigenvalue weighted by Gasteiger charge is -2.02. The van der Waals surface area contributed by atoms with Crippen molar-refractivity contribution in [3.05, 3.63) is 47.6 Å². The van der Waals surface area contributed by atoms with Crippen molar-refractivity contribution in [1.29, 1.82) is 0 Å². The van der Waals surface area contributed by atoms with E-state index in [2.05, 4.69) is 5.16 Å². The Hall–Kier alpha value is -1.82. The number of thioether (sulfide) groups is 1. The van der Waals surface area contributed by atoms with Gasteiger partial charge in [-0.3, -0.25) is 0 Å². The highest BCUT2D eigenvalue weighted by Crippen LogP contribution is 2.26. The van der Waals surface area contributed by atoms with E-state index < -0.39 is 11.8 Å². The van der Waals surface area contributed by atoms with Gasteiger partial charge in [0.15, 0.2) is 0 Å². The number of aromatic carboxylic acids is 1. The number of carboxylic acids is 1. The Morgan fingerprint density at radius 1 is 1.47 bits per heavy atom. The number of nitrogens with zero attached hydrogens (tertiary/aromatic N) is 1. The highest BCUT2D eigenvalue weighted by Gasteiger charge is 2.09. The van der Waals surface area contributed by atoms with Gasteiger partial charge in [-0.15, -0.1) is 11.8 Å². The zero-order chi connectivity index (χ0) is 12.3. The van der Waals surface area contributed by atoms with E-state index in [-0.39, 0.29) is 10.5 Å². The molecule has 0 bridgehead atoms. The fourth-order valence-electron chi connectivity index (χ4n) is 1.21. The summed E-state index contributed by atoms with van der Waals surface area (Å²) in [5.41, 5.74) is 0.0615. The lowest BCUT2D eigenvalue weighted by atomic mass is 10.2. The summed E-state index contributed by atoms with van der Waals surface area (Å²) in [6.45, 7) is 0. The van der Waals surface area contributed by atoms with Gasteiger partial charge in [0, 0.05) is 11.0 Å². The predicted octanol–water partition coefficient (Wildman–Crippen LogP) is 2.80. The Morgan fingerprint density at radius 2 is 2.29 bits per heavy atom. The van der Waals surface area contributed by atoms with Crippen LogP contribution in [-0.4, -0.2) is 16.2 Å². The minimum Gasteiger partial charge on any atom is -0.478 e. The smallest absolute Gasteiger partial charge is 0.335 e. The Balaban J connectivity index is 2.14. The molecular formula is C11H8FNO3S. The number of hydrogen-bond acceptors (Lipinski definition) is 4. The third-order valence-corrected chi connectivity index (χ3v) is 3.09. The van der Waals surface area contributed by atoms with Crippen molar-refractivity contribution in [2.45, 2.75) is 10.6 Å². The number of halogens is 1. The molecule has 0 aliphatic rings. The highest BCUT2D eigenvalue weighted by atomic mass is 32.2. The van der Waals surface area contributed by atoms with E-state index in [4.69, 9.17) is 9.63 Å². The average Bonchev–Trinajstić information content (AvgIpc) is 2.80. The first-order valence-corrected chi connectivity index (χ1v) is 5.70. The molecule has 88 valence electrons. The normalized spacial score (nSPS) is 10.4. The maximum atomic E-state index is 13.4. The van der Waals surface area contributed by atoms with Crippen LogP contribution in [-0.2, 0) is 5.75 Å². The first-order chi connectivity index (χ1) is 8.16. The minimum absolute atomic E-state index is 0.0615. The van der Waals surface area contributed by atoms with Crippen LogP contribution in [0.3, 0.4) is 0 Å². The number of aromatic nitrogens is 1. The summed E-state index contributed by atoms with van der Waals surface area (Å²) in [5, 5.41) is 12.3. The van der Waals surface area contributed by atoms with Gasteiger partial charge in [-0.1, -0.05) is 5.16 Å². The molecular weight excluding hydrogens is 245 g/mol. The van der Waals surface area contributed by atoms with E-state index in [1.54, 1.807) is 6.07 Å². The SMILES string of the molecule is O=C(O)c1ccc(F)c(SCc2ccno2)c1. The molecule has 1 aromatic carbocycles. The molecule has 0 spiro atoms. The van der Waals surface area contributed by atoms with Crippen LogP contribution in [0.5, 0.6) is 0 Å². The molecule has 1 heterocycles. The van der Waals surface area contributed by atoms with Gasteiger partial charge in [0.25, 0.3) is 0 Å². The fraction of sp³-hybridized carbons (Fsp3) is 0.0909. The van der Waals surface area contributed by atoms with Crippen LogP contribution >= 0.6 is 11.8 Å². The van der Waals surface area contributed by atoms with Crippen molar-refractivity contribution < 1.29 is 18.8 Å². The molecule has 0 atom stereocenters. The van der Waals surface area contributed by atoms with Gasteiger partial charge >= 0.3 is 5.97 Å². The van der Waals surface area contributed by atoms with E-state index in [1.807, 2.05) is 0 Å². The highest BCUT2D eigenvalue weighted by molar-refractivity contribution is 7.98. The third kappa shape index (κ3) is 2.85. The zero-order valence-corrected chi connectivity index (χ0v) is 9.41. The summed E-state index contributed by atoms with van der Waals surface area (Å²) in [4.78, 5) is 11.0. The van der Waals surface area contributed by atoms with Crippen LogP contribution in [0.4, 0.5) is 4.39 Å². The maximum Gasteiger partial charge on any atom is 0.335 e. The van der Waals surface area contributed by atoms with E-state index in [1.165, 1.54) is 18.3 Å². The number of carbonyl (C=O) groups is 1. The summed E-state index contributed by atoms with van der Waals surface area (Å²) >= 11 is 1.16. The maximum absolute atomic E-state index is 13.4. The standard InChI is InChI=1S/C11H8FNO3S/c12-9-2-1-7(11(14)15)5-10(9)17-6-8-3-4-13-16-8/h1-5H,6H2,(H,14,15). The van der Waals surface area contributed by atoms with Gasteiger partial charge in [0.2, 0.25) is 0 Å². The molecule has 2 aromatic rings. The van der Waals surface area contributed by atoms with Crippen molar-refractivity contribution in [3.63, 3.8) is 0 Å². The summed E-state index contributed by atoms with van der Waals surface area (Å²) in [7, 11) is 0. The van der Waals surface area contributed by atoms with Crippen molar-refractivity contribution >= 4 is 17.7 Å². The molecule has 0 amide bonds. The molecule has 1 N–H and O–H groups in total. The van der Waals surface area contributed by atoms with Gasteiger partial charge in [0.1, 0.15) is 11.6 Å². The molecule has 2 rings (SSSR count). The van der Waals surface area contributed by atoms with E-state index in [0.717, 1.165) is 17.8 Å². The monoisotopic (exact) mass is 253 g/mol. The van der Waals surface area contributed by atoms with Crippen LogP contribution in [0, 0.1) is 5.82 Å². The molecule has 0 saturated carbocycles. The van der Waals surface area contributed by atoms with Crippen LogP contribution < -0.4 is 0 Å². The first kappa shape index (κ1) is 11.7. The van der Waals surface area contributed by atoms with Gasteiger partial charge in [-0.2, -0.15) is 0 Å². The molecule has 0 unspecified atom stereocenters. The van der Waals surface area contributed by atoms with Crippen LogP contribution in [0.15, 0.2) is 39.9 Å². The van der Waals surface area contributed by atoms with Crippen molar-refractivity contribution in [3.8, 4) is 0 Å². The van der Waals surface area contributed by atoms with Gasteiger partial charge in [-0.25, -0.2) is 9.18 Å². The van der Waals surface area contributed by atoms with E-state index in [9.17, 15) is 9.18 Å². The molecule has 0 aliphatic carbocycles. The van der Waals surface area contributed by atoms with E-state index >= 15 is 0 Å². The average molecular weight is 253 g/mol. The summed E-state index contributed by atoms with van der Waals surface area (Å²) < 4.78 is 18.3. The molecule has 0 saturated heterocycles. The molecule has 17 heavy (non-hydrogen) atoms. The summed E-state index contributed by atoms with van der Waals surface area (Å²) in [6.07, 6.45) is 1.50. The third-order valence-electron chi connectivity index (χ3n) is 2.04. The van der Waals surface area contributed by atoms with Crippen molar-refractivity contribution in [2.75, 3.05) is 0 Å². The Kier molecular flexibility index (Phi) is 3.43. The molecule has 4 nitrogen and oxygen atoms in total. The topological polar surface area (TPSA) is 63.3 Å². The number of benzene rings is 1. The molecule has 0 fully saturated rings. The molecule has 0 aliphatic heterocycles. The largest absolute Gasteiger partial charge is 0.478 e. The number of carboxylic acid groups (broad SMARTS) is 1. The minimum atomic E-state index is -1.08. The predicted molar refractivity (Wildman–Crippen MR) is 59.4 cm³/mol. The Bertz CT molecular complexity index is 528. The lowest BCUT2D eigenvalue weighted by Crippen LogP contribution is -1.97. The van der Waals surface area contributed by atoms with Gasteiger partial charge < -0.3 is 9.63 Å². The summed E-state index contributed by atoms with van der Waals surface area (Å²) in [5.74, 6) is -0.513. The second-order valence-electron chi connectivity index (χ2n) is 3.22. The van der Waals surface area contributed by atoms with Crippen LogP contribution in [0.25, 0.3) is 0 Å². The first-order valence-electron chi connectivity index (χ1n) is 4.72. The Morgan fingerprint density at radius 3 is 2.94 bits per heavy atom. The second kappa shape index (κ2) is 5.01. The molecule has 1 aromatic heterocycles. The molecule has 0 radical (unpaired) electrons. The van der Waals surface area contributed by atoms with E-state index in [0.29, 0.717) is 11.5 Å². The van der Waals surface area contributed by atoms with Crippen LogP contribution in [0.1, 0.15) is 16.1 Å².